The van der Waals surface area contributed by atoms with Crippen molar-refractivity contribution in [3.05, 3.63) is 58.2 Å². The minimum absolute atomic E-state index is 0.0314. The number of fused-ring (bicyclic) bond motifs is 3. The van der Waals surface area contributed by atoms with Crippen LogP contribution in [0.25, 0.3) is 11.3 Å². The van der Waals surface area contributed by atoms with Crippen LogP contribution in [-0.4, -0.2) is 56.6 Å². The van der Waals surface area contributed by atoms with Gasteiger partial charge in [-0.25, -0.2) is 18.5 Å². The molecule has 1 aromatic heterocycles. The third-order valence-electron chi connectivity index (χ3n) is 6.70. The summed E-state index contributed by atoms with van der Waals surface area (Å²) in [6.45, 7) is 12.5. The van der Waals surface area contributed by atoms with Gasteiger partial charge in [-0.3, -0.25) is 0 Å². The number of amidine groups is 1. The first-order valence-corrected chi connectivity index (χ1v) is 16.8. The minimum atomic E-state index is -1.26. The van der Waals surface area contributed by atoms with Crippen LogP contribution < -0.4 is 10.2 Å². The number of aromatic nitrogens is 2. The van der Waals surface area contributed by atoms with Gasteiger partial charge in [0.25, 0.3) is 0 Å². The molecule has 5 rings (SSSR count). The first kappa shape index (κ1) is 26.8. The zero-order valence-electron chi connectivity index (χ0n) is 22.1. The van der Waals surface area contributed by atoms with Crippen molar-refractivity contribution in [3.8, 4) is 11.3 Å². The van der Waals surface area contributed by atoms with Crippen LogP contribution in [0.1, 0.15) is 11.3 Å². The van der Waals surface area contributed by atoms with Crippen LogP contribution in [-0.2, 0) is 16.2 Å². The molecule has 0 spiro atoms. The van der Waals surface area contributed by atoms with Crippen molar-refractivity contribution in [2.75, 3.05) is 43.1 Å². The van der Waals surface area contributed by atoms with Crippen LogP contribution in [0.3, 0.4) is 0 Å². The van der Waals surface area contributed by atoms with Crippen LogP contribution in [0.5, 0.6) is 0 Å². The highest BCUT2D eigenvalue weighted by Crippen LogP contribution is 2.43. The molecular formula is C27H32ClF2N5O2Si. The number of benzene rings is 2. The zero-order valence-corrected chi connectivity index (χ0v) is 23.8. The first-order valence-electron chi connectivity index (χ1n) is 12.7. The lowest BCUT2D eigenvalue weighted by Gasteiger charge is -2.29. The standard InChI is InChI=1S/C27H32ClF2N5O2Si/c1-17-25-26(35(33-17)16-37-13-14-38(2,3)4)19-15-18(34-9-11-36-12-10-34)5-8-22(19)31-27(32-25)23-21(29)7-6-20(28)24(23)30/h5-8,15H,9-14,16H2,1-4H3,(H,31,32). The van der Waals surface area contributed by atoms with Crippen molar-refractivity contribution < 1.29 is 18.3 Å². The molecule has 0 unspecified atom stereocenters. The molecule has 1 N–H and O–H groups in total. The van der Waals surface area contributed by atoms with Crippen molar-refractivity contribution in [3.63, 3.8) is 0 Å². The number of halogens is 3. The van der Waals surface area contributed by atoms with Crippen molar-refractivity contribution in [2.24, 2.45) is 4.99 Å². The van der Waals surface area contributed by atoms with Gasteiger partial charge in [-0.15, -0.1) is 0 Å². The second kappa shape index (κ2) is 10.8. The summed E-state index contributed by atoms with van der Waals surface area (Å²) in [7, 11) is -1.26. The van der Waals surface area contributed by atoms with E-state index < -0.39 is 19.7 Å². The lowest BCUT2D eigenvalue weighted by Crippen LogP contribution is -2.36. The molecule has 202 valence electrons. The van der Waals surface area contributed by atoms with Gasteiger partial charge >= 0.3 is 0 Å². The van der Waals surface area contributed by atoms with E-state index in [-0.39, 0.29) is 23.2 Å². The molecule has 0 saturated carbocycles. The predicted octanol–water partition coefficient (Wildman–Crippen LogP) is 6.44. The maximum atomic E-state index is 15.1. The Morgan fingerprint density at radius 3 is 2.63 bits per heavy atom. The van der Waals surface area contributed by atoms with Gasteiger partial charge in [0.1, 0.15) is 24.1 Å². The van der Waals surface area contributed by atoms with E-state index in [0.717, 1.165) is 42.1 Å². The van der Waals surface area contributed by atoms with E-state index in [0.29, 0.717) is 36.9 Å². The SMILES string of the molecule is Cc1nn(COCC[Si](C)(C)C)c2c1N=C(c1c(F)ccc(Cl)c1F)Nc1ccc(N3CCOCC3)cc1-2. The molecule has 3 heterocycles. The number of rotatable bonds is 7. The number of ether oxygens (including phenoxy) is 2. The van der Waals surface area contributed by atoms with Crippen LogP contribution in [0.15, 0.2) is 35.3 Å². The second-order valence-electron chi connectivity index (χ2n) is 10.8. The number of aryl methyl sites for hydroxylation is 1. The number of nitrogens with zero attached hydrogens (tertiary/aromatic N) is 4. The van der Waals surface area contributed by atoms with Gasteiger partial charge in [0.15, 0.2) is 5.82 Å². The minimum Gasteiger partial charge on any atom is -0.378 e. The quantitative estimate of drug-likeness (QED) is 0.205. The number of anilines is 2. The average Bonchev–Trinajstić information content (AvgIpc) is 3.08. The topological polar surface area (TPSA) is 63.9 Å². The summed E-state index contributed by atoms with van der Waals surface area (Å²) in [6, 6.07) is 9.33. The smallest absolute Gasteiger partial charge is 0.155 e. The number of hydrogen-bond donors (Lipinski definition) is 1. The Morgan fingerprint density at radius 1 is 1.13 bits per heavy atom. The Bertz CT molecular complexity index is 1380. The van der Waals surface area contributed by atoms with E-state index in [1.165, 1.54) is 6.07 Å². The fourth-order valence-corrected chi connectivity index (χ4v) is 5.49. The van der Waals surface area contributed by atoms with Crippen LogP contribution in [0.4, 0.5) is 25.8 Å². The number of nitrogens with one attached hydrogen (secondary N) is 1. The van der Waals surface area contributed by atoms with E-state index in [2.05, 4.69) is 35.9 Å². The summed E-state index contributed by atoms with van der Waals surface area (Å²) in [5, 5.41) is 7.72. The third-order valence-corrected chi connectivity index (χ3v) is 8.69. The van der Waals surface area contributed by atoms with Crippen molar-refractivity contribution in [1.29, 1.82) is 0 Å². The molecule has 0 amide bonds. The fourth-order valence-electron chi connectivity index (χ4n) is 4.58. The Balaban J connectivity index is 1.62. The maximum absolute atomic E-state index is 15.1. The lowest BCUT2D eigenvalue weighted by molar-refractivity contribution is 0.0796. The highest BCUT2D eigenvalue weighted by molar-refractivity contribution is 6.76. The van der Waals surface area contributed by atoms with E-state index in [1.807, 2.05) is 19.1 Å². The Labute approximate surface area is 227 Å². The molecule has 0 aliphatic carbocycles. The summed E-state index contributed by atoms with van der Waals surface area (Å²) >= 11 is 6.02. The molecule has 1 saturated heterocycles. The van der Waals surface area contributed by atoms with Crippen molar-refractivity contribution in [2.45, 2.75) is 39.3 Å². The van der Waals surface area contributed by atoms with Gasteiger partial charge in [0.2, 0.25) is 0 Å². The Morgan fingerprint density at radius 2 is 1.89 bits per heavy atom. The molecule has 11 heteroatoms. The summed E-state index contributed by atoms with van der Waals surface area (Å²) in [4.78, 5) is 6.97. The van der Waals surface area contributed by atoms with E-state index in [4.69, 9.17) is 31.2 Å². The molecular weight excluding hydrogens is 528 g/mol. The van der Waals surface area contributed by atoms with Crippen LogP contribution in [0.2, 0.25) is 30.7 Å². The fraction of sp³-hybridized carbons (Fsp3) is 0.407. The van der Waals surface area contributed by atoms with Crippen molar-refractivity contribution in [1.82, 2.24) is 9.78 Å². The molecule has 7 nitrogen and oxygen atoms in total. The van der Waals surface area contributed by atoms with Gasteiger partial charge in [-0.1, -0.05) is 31.2 Å². The predicted molar refractivity (Wildman–Crippen MR) is 151 cm³/mol. The highest BCUT2D eigenvalue weighted by Gasteiger charge is 2.28. The second-order valence-corrected chi connectivity index (χ2v) is 16.8. The Kier molecular flexibility index (Phi) is 7.59. The van der Waals surface area contributed by atoms with Gasteiger partial charge in [-0.2, -0.15) is 5.10 Å². The van der Waals surface area contributed by atoms with E-state index in [9.17, 15) is 4.39 Å². The van der Waals surface area contributed by atoms with Gasteiger partial charge in [0.05, 0.1) is 35.2 Å². The number of morpholine rings is 1. The zero-order chi connectivity index (χ0) is 27.0. The molecule has 2 aliphatic rings. The Hall–Kier alpha value is -2.79. The monoisotopic (exact) mass is 559 g/mol. The summed E-state index contributed by atoms with van der Waals surface area (Å²) < 4.78 is 43.4. The van der Waals surface area contributed by atoms with Gasteiger partial charge < -0.3 is 19.7 Å². The highest BCUT2D eigenvalue weighted by atomic mass is 35.5. The third kappa shape index (κ3) is 5.49. The van der Waals surface area contributed by atoms with Crippen LogP contribution >= 0.6 is 11.6 Å². The molecule has 2 aliphatic heterocycles. The summed E-state index contributed by atoms with van der Waals surface area (Å²) in [5.41, 5.74) is 4.06. The normalized spacial score (nSPS) is 15.4. The van der Waals surface area contributed by atoms with Gasteiger partial charge in [-0.05, 0) is 43.3 Å². The van der Waals surface area contributed by atoms with Crippen LogP contribution in [0, 0.1) is 18.6 Å². The lowest BCUT2D eigenvalue weighted by atomic mass is 10.1. The molecule has 0 bridgehead atoms. The molecule has 0 atom stereocenters. The maximum Gasteiger partial charge on any atom is 0.155 e. The van der Waals surface area contributed by atoms with E-state index >= 15 is 4.39 Å². The average molecular weight is 560 g/mol. The molecule has 1 fully saturated rings. The van der Waals surface area contributed by atoms with E-state index in [1.54, 1.807) is 4.68 Å². The number of hydrogen-bond acceptors (Lipinski definition) is 6. The van der Waals surface area contributed by atoms with Crippen molar-refractivity contribution >= 4 is 42.6 Å². The first-order chi connectivity index (χ1) is 18.1. The molecule has 3 aromatic rings. The number of aliphatic imine (C=N–C) groups is 1. The molecule has 38 heavy (non-hydrogen) atoms. The summed E-state index contributed by atoms with van der Waals surface area (Å²) in [5.74, 6) is -1.59. The summed E-state index contributed by atoms with van der Waals surface area (Å²) in [6.07, 6.45) is 0. The largest absolute Gasteiger partial charge is 0.378 e. The van der Waals surface area contributed by atoms with Gasteiger partial charge in [0, 0.05) is 44.7 Å². The molecule has 0 radical (unpaired) electrons. The molecule has 2 aromatic carbocycles.